The largest absolute Gasteiger partial charge is 0.496 e. The minimum Gasteiger partial charge on any atom is -0.496 e. The molecule has 4 heterocycles. The Hall–Kier alpha value is -4.51. The fourth-order valence-electron chi connectivity index (χ4n) is 5.12. The smallest absolute Gasteiger partial charge is 0.244 e. The second-order valence-corrected chi connectivity index (χ2v) is 9.90. The molecule has 5 rings (SSSR count). The van der Waals surface area contributed by atoms with Crippen molar-refractivity contribution in [2.24, 2.45) is 0 Å². The standard InChI is InChI=1S/C30H36N8O3/c1-4-7-23-16-28(35-30(34-23)37-13-12-32-21-37)38-15-14-36(19-22-8-6-11-31-17-22)20-25(38)29(39)33-18-24-26(40-2)9-5-10-27(24)41-3/h5-6,8-13,16-17,21,25H,4,7,14-15,18-20H2,1-3H3,(H,33,39). The zero-order valence-corrected chi connectivity index (χ0v) is 23.7. The van der Waals surface area contributed by atoms with E-state index in [0.29, 0.717) is 37.1 Å². The van der Waals surface area contributed by atoms with Crippen molar-refractivity contribution in [3.63, 3.8) is 0 Å². The predicted octanol–water partition coefficient (Wildman–Crippen LogP) is 3.03. The Kier molecular flexibility index (Phi) is 9.05. The zero-order valence-electron chi connectivity index (χ0n) is 23.7. The van der Waals surface area contributed by atoms with Crippen LogP contribution in [0, 0.1) is 0 Å². The SMILES string of the molecule is CCCc1cc(N2CCN(Cc3cccnc3)CC2C(=O)NCc2c(OC)cccc2OC)nc(-n2ccnc2)n1. The van der Waals surface area contributed by atoms with Gasteiger partial charge in [0.2, 0.25) is 11.9 Å². The van der Waals surface area contributed by atoms with Gasteiger partial charge in [-0.15, -0.1) is 0 Å². The summed E-state index contributed by atoms with van der Waals surface area (Å²) in [4.78, 5) is 36.4. The second-order valence-electron chi connectivity index (χ2n) is 9.90. The number of anilines is 1. The molecule has 0 bridgehead atoms. The number of nitrogens with zero attached hydrogens (tertiary/aromatic N) is 7. The van der Waals surface area contributed by atoms with E-state index < -0.39 is 6.04 Å². The summed E-state index contributed by atoms with van der Waals surface area (Å²) in [5.41, 5.74) is 2.82. The van der Waals surface area contributed by atoms with Gasteiger partial charge in [-0.05, 0) is 30.2 Å². The van der Waals surface area contributed by atoms with Gasteiger partial charge in [0.05, 0.1) is 26.3 Å². The number of hydrogen-bond acceptors (Lipinski definition) is 9. The highest BCUT2D eigenvalue weighted by atomic mass is 16.5. The number of carbonyl (C=O) groups is 1. The quantitative estimate of drug-likeness (QED) is 0.298. The maximum atomic E-state index is 13.9. The maximum absolute atomic E-state index is 13.9. The molecule has 1 N–H and O–H groups in total. The molecule has 11 nitrogen and oxygen atoms in total. The third-order valence-corrected chi connectivity index (χ3v) is 7.16. The molecule has 1 unspecified atom stereocenters. The number of hydrogen-bond donors (Lipinski definition) is 1. The van der Waals surface area contributed by atoms with E-state index in [-0.39, 0.29) is 12.5 Å². The first-order valence-corrected chi connectivity index (χ1v) is 13.8. The molecule has 11 heteroatoms. The minimum absolute atomic E-state index is 0.103. The Morgan fingerprint density at radius 3 is 2.56 bits per heavy atom. The van der Waals surface area contributed by atoms with Gasteiger partial charge in [0, 0.05) is 62.7 Å². The third kappa shape index (κ3) is 6.63. The van der Waals surface area contributed by atoms with Gasteiger partial charge in [-0.2, -0.15) is 4.98 Å². The van der Waals surface area contributed by atoms with Gasteiger partial charge in [-0.25, -0.2) is 9.97 Å². The monoisotopic (exact) mass is 556 g/mol. The van der Waals surface area contributed by atoms with E-state index in [4.69, 9.17) is 19.4 Å². The van der Waals surface area contributed by atoms with Crippen LogP contribution in [0.3, 0.4) is 0 Å². The van der Waals surface area contributed by atoms with Gasteiger partial charge in [0.1, 0.15) is 29.7 Å². The van der Waals surface area contributed by atoms with Crippen molar-refractivity contribution in [2.75, 3.05) is 38.8 Å². The lowest BCUT2D eigenvalue weighted by molar-refractivity contribution is -0.123. The van der Waals surface area contributed by atoms with Gasteiger partial charge >= 0.3 is 0 Å². The van der Waals surface area contributed by atoms with Crippen LogP contribution in [0.15, 0.2) is 67.5 Å². The fraction of sp³-hybridized carbons (Fsp3) is 0.367. The molecule has 1 aliphatic rings. The summed E-state index contributed by atoms with van der Waals surface area (Å²) in [5, 5.41) is 3.15. The summed E-state index contributed by atoms with van der Waals surface area (Å²) in [6.45, 7) is 5.02. The molecule has 1 aliphatic heterocycles. The second kappa shape index (κ2) is 13.2. The molecule has 1 fully saturated rings. The molecule has 0 saturated carbocycles. The van der Waals surface area contributed by atoms with Crippen LogP contribution < -0.4 is 19.7 Å². The van der Waals surface area contributed by atoms with Gasteiger partial charge in [-0.1, -0.05) is 25.5 Å². The highest BCUT2D eigenvalue weighted by Gasteiger charge is 2.34. The summed E-state index contributed by atoms with van der Waals surface area (Å²) in [6, 6.07) is 11.1. The molecule has 214 valence electrons. The lowest BCUT2D eigenvalue weighted by Gasteiger charge is -2.41. The molecule has 0 spiro atoms. The van der Waals surface area contributed by atoms with E-state index in [1.807, 2.05) is 42.7 Å². The summed E-state index contributed by atoms with van der Waals surface area (Å²) in [6.07, 6.45) is 10.6. The van der Waals surface area contributed by atoms with Gasteiger partial charge in [-0.3, -0.25) is 19.2 Å². The van der Waals surface area contributed by atoms with Crippen LogP contribution in [-0.4, -0.2) is 75.2 Å². The highest BCUT2D eigenvalue weighted by Crippen LogP contribution is 2.28. The average molecular weight is 557 g/mol. The first-order chi connectivity index (χ1) is 20.1. The van der Waals surface area contributed by atoms with Crippen LogP contribution in [0.5, 0.6) is 11.5 Å². The van der Waals surface area contributed by atoms with Gasteiger partial charge in [0.15, 0.2) is 0 Å². The van der Waals surface area contributed by atoms with Crippen molar-refractivity contribution in [1.82, 2.24) is 34.7 Å². The molecular weight excluding hydrogens is 520 g/mol. The normalized spacial score (nSPS) is 15.5. The highest BCUT2D eigenvalue weighted by molar-refractivity contribution is 5.85. The molecule has 1 aromatic carbocycles. The Labute approximate surface area is 240 Å². The molecule has 41 heavy (non-hydrogen) atoms. The van der Waals surface area contributed by atoms with Crippen LogP contribution in [0.2, 0.25) is 0 Å². The van der Waals surface area contributed by atoms with Crippen molar-refractivity contribution in [2.45, 2.75) is 38.9 Å². The number of ether oxygens (including phenoxy) is 2. The predicted molar refractivity (Wildman–Crippen MR) is 155 cm³/mol. The summed E-state index contributed by atoms with van der Waals surface area (Å²) >= 11 is 0. The van der Waals surface area contributed by atoms with Crippen LogP contribution in [0.25, 0.3) is 5.95 Å². The van der Waals surface area contributed by atoms with Crippen molar-refractivity contribution < 1.29 is 14.3 Å². The van der Waals surface area contributed by atoms with Crippen LogP contribution in [-0.2, 0) is 24.3 Å². The number of amides is 1. The number of methoxy groups -OCH3 is 2. The van der Waals surface area contributed by atoms with Crippen molar-refractivity contribution in [1.29, 1.82) is 0 Å². The number of pyridine rings is 1. The topological polar surface area (TPSA) is 111 Å². The number of nitrogens with one attached hydrogen (secondary N) is 1. The molecule has 4 aromatic rings. The van der Waals surface area contributed by atoms with E-state index in [2.05, 4.69) is 38.1 Å². The average Bonchev–Trinajstić information content (AvgIpc) is 3.55. The van der Waals surface area contributed by atoms with Gasteiger partial charge < -0.3 is 19.7 Å². The lowest BCUT2D eigenvalue weighted by atomic mass is 10.1. The zero-order chi connectivity index (χ0) is 28.6. The van der Waals surface area contributed by atoms with E-state index in [0.717, 1.165) is 42.0 Å². The first kappa shape index (κ1) is 28.0. The fourth-order valence-corrected chi connectivity index (χ4v) is 5.12. The van der Waals surface area contributed by atoms with E-state index in [9.17, 15) is 4.79 Å². The maximum Gasteiger partial charge on any atom is 0.244 e. The van der Waals surface area contributed by atoms with E-state index in [1.54, 1.807) is 37.5 Å². The van der Waals surface area contributed by atoms with Crippen LogP contribution in [0.1, 0.15) is 30.2 Å². The first-order valence-electron chi connectivity index (χ1n) is 13.8. The summed E-state index contributed by atoms with van der Waals surface area (Å²) in [5.74, 6) is 2.48. The number of piperazine rings is 1. The van der Waals surface area contributed by atoms with E-state index >= 15 is 0 Å². The minimum atomic E-state index is -0.485. The van der Waals surface area contributed by atoms with Crippen molar-refractivity contribution in [3.8, 4) is 17.4 Å². The molecular formula is C30H36N8O3. The molecule has 1 amide bonds. The van der Waals surface area contributed by atoms with E-state index in [1.165, 1.54) is 0 Å². The summed E-state index contributed by atoms with van der Waals surface area (Å²) in [7, 11) is 3.22. The number of benzene rings is 1. The molecule has 1 atom stereocenters. The molecule has 1 saturated heterocycles. The van der Waals surface area contributed by atoms with Crippen LogP contribution >= 0.6 is 0 Å². The summed E-state index contributed by atoms with van der Waals surface area (Å²) < 4.78 is 12.9. The van der Waals surface area contributed by atoms with Crippen molar-refractivity contribution in [3.05, 3.63) is 84.3 Å². The third-order valence-electron chi connectivity index (χ3n) is 7.16. The number of aromatic nitrogens is 5. The Bertz CT molecular complexity index is 1410. The molecule has 0 radical (unpaired) electrons. The molecule has 0 aliphatic carbocycles. The van der Waals surface area contributed by atoms with Crippen molar-refractivity contribution >= 4 is 11.7 Å². The number of imidazole rings is 1. The molecule has 3 aromatic heterocycles. The number of rotatable bonds is 11. The number of carbonyl (C=O) groups excluding carboxylic acids is 1. The Morgan fingerprint density at radius 2 is 1.88 bits per heavy atom. The Balaban J connectivity index is 1.44. The Morgan fingerprint density at radius 1 is 1.05 bits per heavy atom. The van der Waals surface area contributed by atoms with Gasteiger partial charge in [0.25, 0.3) is 0 Å². The lowest BCUT2D eigenvalue weighted by Crippen LogP contribution is -2.59. The van der Waals surface area contributed by atoms with Crippen LogP contribution in [0.4, 0.5) is 5.82 Å². The number of aryl methyl sites for hydroxylation is 1.